The number of aryl methyl sites for hydroxylation is 2. The van der Waals surface area contributed by atoms with Crippen LogP contribution in [0.25, 0.3) is 0 Å². The van der Waals surface area contributed by atoms with E-state index in [0.29, 0.717) is 4.47 Å². The van der Waals surface area contributed by atoms with E-state index in [-0.39, 0.29) is 11.9 Å². The second-order valence-electron chi connectivity index (χ2n) is 5.17. The molecule has 1 aromatic heterocycles. The van der Waals surface area contributed by atoms with Crippen molar-refractivity contribution in [3.8, 4) is 0 Å². The Morgan fingerprint density at radius 2 is 2.19 bits per heavy atom. The molecule has 2 aromatic rings. The van der Waals surface area contributed by atoms with Gasteiger partial charge in [0, 0.05) is 25.0 Å². The van der Waals surface area contributed by atoms with E-state index in [4.69, 9.17) is 0 Å². The first-order valence-corrected chi connectivity index (χ1v) is 8.06. The van der Waals surface area contributed by atoms with Gasteiger partial charge in [0.15, 0.2) is 0 Å². The van der Waals surface area contributed by atoms with Gasteiger partial charge in [0.2, 0.25) is 0 Å². The normalized spacial score (nSPS) is 12.6. The molecule has 0 aliphatic heterocycles. The molecular weight excluding hydrogens is 333 g/mol. The van der Waals surface area contributed by atoms with E-state index in [1.54, 1.807) is 12.1 Å². The van der Waals surface area contributed by atoms with Crippen LogP contribution in [0.4, 0.5) is 4.39 Å². The summed E-state index contributed by atoms with van der Waals surface area (Å²) in [5.74, 6) is -0.212. The van der Waals surface area contributed by atoms with E-state index in [1.807, 2.05) is 30.1 Å². The molecule has 0 fully saturated rings. The molecule has 0 radical (unpaired) electrons. The Bertz CT molecular complexity index is 583. The molecule has 1 unspecified atom stereocenters. The predicted octanol–water partition coefficient (Wildman–Crippen LogP) is 4.00. The van der Waals surface area contributed by atoms with Crippen molar-refractivity contribution in [3.63, 3.8) is 0 Å². The van der Waals surface area contributed by atoms with Crippen molar-refractivity contribution in [1.29, 1.82) is 0 Å². The number of hydrogen-bond acceptors (Lipinski definition) is 2. The fraction of sp³-hybridized carbons (Fsp3) is 0.438. The van der Waals surface area contributed by atoms with Gasteiger partial charge in [-0.15, -0.1) is 0 Å². The topological polar surface area (TPSA) is 29.9 Å². The molecule has 3 nitrogen and oxygen atoms in total. The number of hydrogen-bond donors (Lipinski definition) is 1. The van der Waals surface area contributed by atoms with Gasteiger partial charge in [0.05, 0.1) is 4.47 Å². The molecule has 114 valence electrons. The van der Waals surface area contributed by atoms with Gasteiger partial charge in [-0.2, -0.15) is 5.10 Å². The zero-order valence-electron chi connectivity index (χ0n) is 12.4. The number of aromatic nitrogens is 2. The quantitative estimate of drug-likeness (QED) is 0.815. The molecule has 0 amide bonds. The highest BCUT2D eigenvalue weighted by molar-refractivity contribution is 9.10. The van der Waals surface area contributed by atoms with Gasteiger partial charge in [0.1, 0.15) is 5.82 Å². The zero-order chi connectivity index (χ0) is 15.2. The maximum absolute atomic E-state index is 13.8. The minimum absolute atomic E-state index is 0.155. The van der Waals surface area contributed by atoms with Crippen molar-refractivity contribution in [2.75, 3.05) is 6.54 Å². The summed E-state index contributed by atoms with van der Waals surface area (Å²) in [6, 6.07) is 7.54. The highest BCUT2D eigenvalue weighted by Crippen LogP contribution is 2.24. The van der Waals surface area contributed by atoms with Crippen LogP contribution in [-0.4, -0.2) is 16.3 Å². The molecule has 2 rings (SSSR count). The van der Waals surface area contributed by atoms with Crippen molar-refractivity contribution >= 4 is 15.9 Å². The summed E-state index contributed by atoms with van der Waals surface area (Å²) in [5, 5.41) is 7.69. The van der Waals surface area contributed by atoms with Crippen LogP contribution in [0.1, 0.15) is 37.1 Å². The lowest BCUT2D eigenvalue weighted by Gasteiger charge is -2.19. The summed E-state index contributed by atoms with van der Waals surface area (Å²) in [4.78, 5) is 0. The van der Waals surface area contributed by atoms with Crippen LogP contribution in [0.5, 0.6) is 0 Å². The van der Waals surface area contributed by atoms with Crippen LogP contribution in [0.2, 0.25) is 0 Å². The molecule has 0 bridgehead atoms. The number of nitrogens with zero attached hydrogens (tertiary/aromatic N) is 2. The van der Waals surface area contributed by atoms with Gasteiger partial charge in [-0.1, -0.05) is 13.0 Å². The number of halogens is 2. The highest BCUT2D eigenvalue weighted by Gasteiger charge is 2.13. The fourth-order valence-electron chi connectivity index (χ4n) is 2.37. The molecule has 1 aromatic carbocycles. The predicted molar refractivity (Wildman–Crippen MR) is 86.7 cm³/mol. The van der Waals surface area contributed by atoms with Gasteiger partial charge in [-0.05, 0) is 65.5 Å². The molecule has 5 heteroatoms. The van der Waals surface area contributed by atoms with Crippen LogP contribution < -0.4 is 5.32 Å². The third-order valence-corrected chi connectivity index (χ3v) is 4.24. The molecule has 0 aliphatic carbocycles. The van der Waals surface area contributed by atoms with Crippen molar-refractivity contribution in [2.45, 2.75) is 32.2 Å². The SMILES string of the molecule is CCCNC(CCc1ccnn1C)c1ccc(Br)c(F)c1. The molecule has 0 saturated carbocycles. The standard InChI is InChI=1S/C16H21BrFN3/c1-3-9-19-16(7-5-13-8-10-20-21(13)2)12-4-6-14(17)15(18)11-12/h4,6,8,10-11,16,19H,3,5,7,9H2,1-2H3. The fourth-order valence-corrected chi connectivity index (χ4v) is 2.62. The number of rotatable bonds is 7. The van der Waals surface area contributed by atoms with E-state index in [9.17, 15) is 4.39 Å². The second-order valence-corrected chi connectivity index (χ2v) is 6.02. The Morgan fingerprint density at radius 3 is 2.81 bits per heavy atom. The maximum atomic E-state index is 13.8. The zero-order valence-corrected chi connectivity index (χ0v) is 14.0. The molecule has 0 spiro atoms. The van der Waals surface area contributed by atoms with E-state index in [2.05, 4.69) is 33.3 Å². The molecule has 0 aliphatic rings. The lowest BCUT2D eigenvalue weighted by atomic mass is 10.0. The molecule has 0 saturated heterocycles. The van der Waals surface area contributed by atoms with E-state index >= 15 is 0 Å². The monoisotopic (exact) mass is 353 g/mol. The summed E-state index contributed by atoms with van der Waals surface area (Å²) < 4.78 is 16.1. The Hall–Kier alpha value is -1.20. The Kier molecular flexibility index (Phi) is 5.94. The van der Waals surface area contributed by atoms with Crippen LogP contribution in [0, 0.1) is 5.82 Å². The van der Waals surface area contributed by atoms with Gasteiger partial charge in [0.25, 0.3) is 0 Å². The number of nitrogens with one attached hydrogen (secondary N) is 1. The van der Waals surface area contributed by atoms with E-state index in [0.717, 1.165) is 31.4 Å². The van der Waals surface area contributed by atoms with Gasteiger partial charge in [-0.3, -0.25) is 4.68 Å². The first-order valence-electron chi connectivity index (χ1n) is 7.27. The highest BCUT2D eigenvalue weighted by atomic mass is 79.9. The molecular formula is C16H21BrFN3. The third kappa shape index (κ3) is 4.38. The van der Waals surface area contributed by atoms with Crippen molar-refractivity contribution in [2.24, 2.45) is 7.05 Å². The summed E-state index contributed by atoms with van der Waals surface area (Å²) in [6.07, 6.45) is 4.69. The Balaban J connectivity index is 2.09. The van der Waals surface area contributed by atoms with Crippen LogP contribution in [0.3, 0.4) is 0 Å². The van der Waals surface area contributed by atoms with Crippen molar-refractivity contribution in [3.05, 3.63) is 52.0 Å². The average Bonchev–Trinajstić information content (AvgIpc) is 2.88. The Labute approximate surface area is 133 Å². The van der Waals surface area contributed by atoms with Crippen molar-refractivity contribution in [1.82, 2.24) is 15.1 Å². The largest absolute Gasteiger partial charge is 0.310 e. The van der Waals surface area contributed by atoms with Crippen LogP contribution >= 0.6 is 15.9 Å². The summed E-state index contributed by atoms with van der Waals surface area (Å²) in [7, 11) is 1.95. The lowest BCUT2D eigenvalue weighted by Crippen LogP contribution is -2.23. The lowest BCUT2D eigenvalue weighted by molar-refractivity contribution is 0.488. The number of benzene rings is 1. The minimum atomic E-state index is -0.212. The third-order valence-electron chi connectivity index (χ3n) is 3.60. The molecule has 1 heterocycles. The summed E-state index contributed by atoms with van der Waals surface area (Å²) in [5.41, 5.74) is 2.18. The van der Waals surface area contributed by atoms with Crippen LogP contribution in [0.15, 0.2) is 34.9 Å². The smallest absolute Gasteiger partial charge is 0.137 e. The van der Waals surface area contributed by atoms with E-state index < -0.39 is 0 Å². The maximum Gasteiger partial charge on any atom is 0.137 e. The summed E-state index contributed by atoms with van der Waals surface area (Å²) >= 11 is 3.20. The average molecular weight is 354 g/mol. The molecule has 1 atom stereocenters. The van der Waals surface area contributed by atoms with E-state index in [1.165, 1.54) is 5.69 Å². The second kappa shape index (κ2) is 7.71. The first-order chi connectivity index (χ1) is 10.1. The van der Waals surface area contributed by atoms with Gasteiger partial charge >= 0.3 is 0 Å². The van der Waals surface area contributed by atoms with Crippen LogP contribution in [-0.2, 0) is 13.5 Å². The Morgan fingerprint density at radius 1 is 1.38 bits per heavy atom. The van der Waals surface area contributed by atoms with Gasteiger partial charge < -0.3 is 5.32 Å². The molecule has 21 heavy (non-hydrogen) atoms. The molecule has 1 N–H and O–H groups in total. The summed E-state index contributed by atoms with van der Waals surface area (Å²) in [6.45, 7) is 3.06. The first kappa shape index (κ1) is 16.2. The van der Waals surface area contributed by atoms with Crippen molar-refractivity contribution < 1.29 is 4.39 Å². The van der Waals surface area contributed by atoms with Gasteiger partial charge in [-0.25, -0.2) is 4.39 Å². The minimum Gasteiger partial charge on any atom is -0.310 e.